The number of rotatable bonds is 5. The number of nitrogens with one attached hydrogen (secondary N) is 1. The first kappa shape index (κ1) is 23.9. The third-order valence-corrected chi connectivity index (χ3v) is 5.53. The molecule has 1 heterocycles. The highest BCUT2D eigenvalue weighted by Gasteiger charge is 2.25. The molecule has 0 saturated heterocycles. The van der Waals surface area contributed by atoms with Gasteiger partial charge in [0, 0.05) is 23.6 Å². The number of carbonyl (C=O) groups excluding carboxylic acids is 1. The van der Waals surface area contributed by atoms with Crippen LogP contribution in [0.15, 0.2) is 30.5 Å². The lowest BCUT2D eigenvalue weighted by Gasteiger charge is -2.24. The van der Waals surface area contributed by atoms with Crippen LogP contribution in [0.4, 0.5) is 0 Å². The number of ether oxygens (including phenoxy) is 1. The van der Waals surface area contributed by atoms with E-state index in [-0.39, 0.29) is 5.91 Å². The predicted octanol–water partition coefficient (Wildman–Crippen LogP) is 4.84. The molecule has 1 aromatic carbocycles. The van der Waals surface area contributed by atoms with Crippen molar-refractivity contribution < 1.29 is 9.53 Å². The lowest BCUT2D eigenvalue weighted by molar-refractivity contribution is -0.125. The summed E-state index contributed by atoms with van der Waals surface area (Å²) in [4.78, 5) is 17.2. The zero-order valence-electron chi connectivity index (χ0n) is 18.8. The smallest absolute Gasteiger partial charge is 0.272 e. The highest BCUT2D eigenvalue weighted by Crippen LogP contribution is 2.23. The van der Waals surface area contributed by atoms with Crippen molar-refractivity contribution in [3.05, 3.63) is 36.0 Å². The van der Waals surface area contributed by atoms with E-state index in [4.69, 9.17) is 4.74 Å². The number of benzene rings is 1. The number of pyridine rings is 1. The molecule has 158 valence electrons. The Morgan fingerprint density at radius 3 is 2.67 bits per heavy atom. The van der Waals surface area contributed by atoms with Gasteiger partial charge in [-0.2, -0.15) is 0 Å². The Kier molecular flexibility index (Phi) is 8.01. The van der Waals surface area contributed by atoms with Gasteiger partial charge in [0.25, 0.3) is 5.91 Å². The van der Waals surface area contributed by atoms with Crippen molar-refractivity contribution >= 4 is 36.6 Å². The van der Waals surface area contributed by atoms with E-state index < -0.39 is 19.0 Å². The number of hydrogen-bond acceptors (Lipinski definition) is 4. The summed E-state index contributed by atoms with van der Waals surface area (Å²) in [6, 6.07) is 7.65. The summed E-state index contributed by atoms with van der Waals surface area (Å²) in [5, 5.41) is 3.89. The first-order valence-electron chi connectivity index (χ1n) is 9.97. The summed E-state index contributed by atoms with van der Waals surface area (Å²) in [5.41, 5.74) is 3.83. The van der Waals surface area contributed by atoms with E-state index in [1.807, 2.05) is 51.3 Å². The summed E-state index contributed by atoms with van der Waals surface area (Å²) < 4.78 is 5.98. The minimum atomic E-state index is -1.46. The van der Waals surface area contributed by atoms with Crippen LogP contribution in [0.1, 0.15) is 32.8 Å². The van der Waals surface area contributed by atoms with E-state index in [2.05, 4.69) is 53.2 Å². The highest BCUT2D eigenvalue weighted by molar-refractivity contribution is 7.99. The number of aromatic nitrogens is 1. The second kappa shape index (κ2) is 10.1. The quantitative estimate of drug-likeness (QED) is 0.412. The predicted molar refractivity (Wildman–Crippen MR) is 130 cm³/mol. The maximum Gasteiger partial charge on any atom is 0.272 e. The van der Waals surface area contributed by atoms with Gasteiger partial charge in [-0.25, -0.2) is 0 Å². The van der Waals surface area contributed by atoms with Gasteiger partial charge in [-0.05, 0) is 44.4 Å². The fraction of sp³-hybridized carbons (Fsp3) is 0.417. The molecule has 0 bridgehead atoms. The largest absolute Gasteiger partial charge is 0.470 e. The van der Waals surface area contributed by atoms with Gasteiger partial charge in [-0.1, -0.05) is 38.4 Å². The number of carbonyl (C=O) groups is 1. The monoisotopic (exact) mass is 438 g/mol. The molecule has 1 N–H and O–H groups in total. The maximum atomic E-state index is 12.7. The van der Waals surface area contributed by atoms with Crippen molar-refractivity contribution in [3.8, 4) is 29.1 Å². The number of thioether (sulfide) groups is 1. The van der Waals surface area contributed by atoms with Crippen molar-refractivity contribution in [2.75, 3.05) is 6.26 Å². The normalized spacial score (nSPS) is 12.2. The van der Waals surface area contributed by atoms with Crippen LogP contribution in [0.2, 0.25) is 19.6 Å². The molecule has 4 nitrogen and oxygen atoms in total. The fourth-order valence-corrected chi connectivity index (χ4v) is 3.55. The summed E-state index contributed by atoms with van der Waals surface area (Å²) in [5.74, 6) is 9.74. The second-order valence-corrected chi connectivity index (χ2v) is 14.2. The van der Waals surface area contributed by atoms with Crippen LogP contribution < -0.4 is 10.1 Å². The standard InChI is InChI=1S/C24H30N2O2SSi/c1-8-9-13-24(2,3)26-22(27)23(29-4)28-20-10-11-21-19(16-20)15-18(17-25-21)12-14-30(5,6)7/h10-11,15-17,23H,8H2,1-7H3,(H,26,27). The Hall–Kier alpha value is -2.41. The Morgan fingerprint density at radius 2 is 2.03 bits per heavy atom. The molecular formula is C24H30N2O2SSi. The third-order valence-electron chi connectivity index (χ3n) is 3.92. The van der Waals surface area contributed by atoms with Crippen molar-refractivity contribution in [1.82, 2.24) is 10.3 Å². The molecular weight excluding hydrogens is 408 g/mol. The van der Waals surface area contributed by atoms with Gasteiger partial charge in [0.2, 0.25) is 5.44 Å². The van der Waals surface area contributed by atoms with Crippen LogP contribution in [0.25, 0.3) is 10.9 Å². The minimum Gasteiger partial charge on any atom is -0.470 e. The number of fused-ring (bicyclic) bond motifs is 1. The lowest BCUT2D eigenvalue weighted by atomic mass is 10.1. The number of amides is 1. The Labute approximate surface area is 185 Å². The molecule has 1 unspecified atom stereocenters. The number of nitrogens with zero attached hydrogens (tertiary/aromatic N) is 1. The first-order chi connectivity index (χ1) is 14.0. The molecule has 1 amide bonds. The molecule has 0 spiro atoms. The molecule has 2 aromatic rings. The van der Waals surface area contributed by atoms with E-state index in [1.54, 1.807) is 6.20 Å². The van der Waals surface area contributed by atoms with Crippen LogP contribution in [-0.4, -0.2) is 36.2 Å². The summed E-state index contributed by atoms with van der Waals surface area (Å²) >= 11 is 1.34. The first-order valence-corrected chi connectivity index (χ1v) is 14.8. The molecule has 30 heavy (non-hydrogen) atoms. The number of hydrogen-bond donors (Lipinski definition) is 1. The minimum absolute atomic E-state index is 0.203. The van der Waals surface area contributed by atoms with E-state index in [0.717, 1.165) is 22.9 Å². The van der Waals surface area contributed by atoms with Crippen molar-refractivity contribution in [1.29, 1.82) is 0 Å². The summed E-state index contributed by atoms with van der Waals surface area (Å²) in [7, 11) is -1.46. The Bertz CT molecular complexity index is 1040. The molecule has 0 aliphatic carbocycles. The van der Waals surface area contributed by atoms with Gasteiger partial charge in [0.05, 0.1) is 11.1 Å². The topological polar surface area (TPSA) is 51.2 Å². The average molecular weight is 439 g/mol. The average Bonchev–Trinajstić information content (AvgIpc) is 2.67. The van der Waals surface area contributed by atoms with Gasteiger partial charge in [-0.15, -0.1) is 23.2 Å². The molecule has 2 rings (SSSR count). The second-order valence-electron chi connectivity index (χ2n) is 8.53. The van der Waals surface area contributed by atoms with E-state index in [1.165, 1.54) is 11.8 Å². The molecule has 0 radical (unpaired) electrons. The molecule has 0 saturated carbocycles. The molecule has 1 atom stereocenters. The van der Waals surface area contributed by atoms with Crippen molar-refractivity contribution in [2.24, 2.45) is 0 Å². The van der Waals surface area contributed by atoms with Gasteiger partial charge in [-0.3, -0.25) is 9.78 Å². The van der Waals surface area contributed by atoms with Crippen LogP contribution in [0.3, 0.4) is 0 Å². The SMILES string of the molecule is CCC#CC(C)(C)NC(=O)C(Oc1ccc2ncc(C#C[Si](C)(C)C)cc2c1)SC. The zero-order valence-corrected chi connectivity index (χ0v) is 20.7. The zero-order chi connectivity index (χ0) is 22.4. The molecule has 0 fully saturated rings. The lowest BCUT2D eigenvalue weighted by Crippen LogP contribution is -2.47. The molecule has 6 heteroatoms. The molecule has 1 aromatic heterocycles. The highest BCUT2D eigenvalue weighted by atomic mass is 32.2. The molecule has 0 aliphatic rings. The molecule has 0 aliphatic heterocycles. The van der Waals surface area contributed by atoms with Crippen molar-refractivity contribution in [3.63, 3.8) is 0 Å². The van der Waals surface area contributed by atoms with E-state index in [9.17, 15) is 4.79 Å². The van der Waals surface area contributed by atoms with Gasteiger partial charge < -0.3 is 10.1 Å². The van der Waals surface area contributed by atoms with Crippen LogP contribution in [0.5, 0.6) is 5.75 Å². The summed E-state index contributed by atoms with van der Waals surface area (Å²) in [6.45, 7) is 12.4. The van der Waals surface area contributed by atoms with Gasteiger partial charge >= 0.3 is 0 Å². The van der Waals surface area contributed by atoms with Crippen LogP contribution in [0, 0.1) is 23.3 Å². The Balaban J connectivity index is 2.22. The summed E-state index contributed by atoms with van der Waals surface area (Å²) in [6.07, 6.45) is 4.40. The van der Waals surface area contributed by atoms with Crippen LogP contribution in [-0.2, 0) is 4.79 Å². The Morgan fingerprint density at radius 1 is 1.30 bits per heavy atom. The van der Waals surface area contributed by atoms with E-state index in [0.29, 0.717) is 5.75 Å². The van der Waals surface area contributed by atoms with Crippen LogP contribution >= 0.6 is 11.8 Å². The van der Waals surface area contributed by atoms with Gasteiger partial charge in [0.1, 0.15) is 13.8 Å². The van der Waals surface area contributed by atoms with Gasteiger partial charge in [0.15, 0.2) is 0 Å². The fourth-order valence-electron chi connectivity index (χ4n) is 2.55. The van der Waals surface area contributed by atoms with Crippen molar-refractivity contribution in [2.45, 2.75) is 57.8 Å². The maximum absolute atomic E-state index is 12.7. The third kappa shape index (κ3) is 7.44. The van der Waals surface area contributed by atoms with E-state index >= 15 is 0 Å².